The summed E-state index contributed by atoms with van der Waals surface area (Å²) in [6, 6.07) is 0. The molecule has 0 aliphatic carbocycles. The van der Waals surface area contributed by atoms with Gasteiger partial charge < -0.3 is 9.84 Å². The zero-order valence-electron chi connectivity index (χ0n) is 8.66. The smallest absolute Gasteiger partial charge is 0.411 e. The quantitative estimate of drug-likeness (QED) is 0.667. The molecule has 15 heavy (non-hydrogen) atoms. The molecule has 0 bridgehead atoms. The first-order valence-electron chi connectivity index (χ1n) is 4.23. The summed E-state index contributed by atoms with van der Waals surface area (Å²) in [6.07, 6.45) is 1.71. The van der Waals surface area contributed by atoms with E-state index < -0.39 is 12.2 Å². The van der Waals surface area contributed by atoms with Crippen LogP contribution in [-0.2, 0) is 4.74 Å². The van der Waals surface area contributed by atoms with Gasteiger partial charge in [0.15, 0.2) is 0 Å². The highest BCUT2D eigenvalue weighted by Gasteiger charge is 1.93. The Labute approximate surface area is 88.6 Å². The van der Waals surface area contributed by atoms with Crippen molar-refractivity contribution in [2.45, 2.75) is 13.3 Å². The second-order valence-electron chi connectivity index (χ2n) is 2.14. The second kappa shape index (κ2) is 12.0. The van der Waals surface area contributed by atoms with Gasteiger partial charge in [-0.05, 0) is 18.8 Å². The van der Waals surface area contributed by atoms with E-state index in [2.05, 4.69) is 23.2 Å². The van der Waals surface area contributed by atoms with Crippen LogP contribution in [0.4, 0.5) is 9.59 Å². The lowest BCUT2D eigenvalue weighted by atomic mass is 10.5. The third kappa shape index (κ3) is 18.8. The molecule has 0 rings (SSSR count). The van der Waals surface area contributed by atoms with Gasteiger partial charge in [0.2, 0.25) is 0 Å². The average molecular weight is 216 g/mol. The van der Waals surface area contributed by atoms with Crippen LogP contribution in [0.5, 0.6) is 0 Å². The Kier molecular flexibility index (Phi) is 12.4. The van der Waals surface area contributed by atoms with Crippen LogP contribution in [0.3, 0.4) is 0 Å². The van der Waals surface area contributed by atoms with Crippen molar-refractivity contribution in [3.8, 4) is 0 Å². The Bertz CT molecular complexity index is 216. The van der Waals surface area contributed by atoms with E-state index in [0.717, 1.165) is 12.6 Å². The molecule has 6 nitrogen and oxygen atoms in total. The van der Waals surface area contributed by atoms with Crippen LogP contribution in [-0.4, -0.2) is 23.9 Å². The monoisotopic (exact) mass is 216 g/mol. The maximum absolute atomic E-state index is 10.4. The van der Waals surface area contributed by atoms with Gasteiger partial charge in [-0.2, -0.15) is 0 Å². The van der Waals surface area contributed by atoms with Crippen LogP contribution < -0.4 is 10.6 Å². The fourth-order valence-corrected chi connectivity index (χ4v) is 0.407. The van der Waals surface area contributed by atoms with Crippen molar-refractivity contribution in [2.75, 3.05) is 6.61 Å². The van der Waals surface area contributed by atoms with E-state index in [1.54, 1.807) is 0 Å². The van der Waals surface area contributed by atoms with Gasteiger partial charge in [0.25, 0.3) is 0 Å². The summed E-state index contributed by atoms with van der Waals surface area (Å²) in [6.45, 7) is 8.80. The lowest BCUT2D eigenvalue weighted by Gasteiger charge is -1.99. The molecule has 0 radical (unpaired) electrons. The van der Waals surface area contributed by atoms with Crippen LogP contribution in [0.2, 0.25) is 0 Å². The van der Waals surface area contributed by atoms with Gasteiger partial charge >= 0.3 is 12.2 Å². The number of carboxylic acid groups (broad SMARTS) is 1. The predicted molar refractivity (Wildman–Crippen MR) is 56.3 cm³/mol. The molecule has 0 spiro atoms. The summed E-state index contributed by atoms with van der Waals surface area (Å²) in [5.41, 5.74) is 0. The number of rotatable bonds is 4. The molecule has 3 N–H and O–H groups in total. The maximum atomic E-state index is 10.4. The molecule has 0 saturated carbocycles. The molecule has 0 aromatic rings. The molecule has 2 amide bonds. The van der Waals surface area contributed by atoms with Crippen molar-refractivity contribution in [2.24, 2.45) is 0 Å². The van der Waals surface area contributed by atoms with Gasteiger partial charge in [0, 0.05) is 0 Å². The van der Waals surface area contributed by atoms with E-state index >= 15 is 0 Å². The first-order valence-corrected chi connectivity index (χ1v) is 4.23. The number of hydrogen-bond acceptors (Lipinski definition) is 3. The molecule has 0 aliphatic heterocycles. The van der Waals surface area contributed by atoms with E-state index in [0.29, 0.717) is 6.61 Å². The first-order chi connectivity index (χ1) is 7.08. The standard InChI is InChI=1S/C6H11NO2.C3H5NO2/c1-3-5-9-6(8)7-4-2;1-2-4-3(5)6/h4H,2-3,5H2,1H3,(H,7,8);2,4H,1H2,(H,5,6). The van der Waals surface area contributed by atoms with Gasteiger partial charge in [-0.25, -0.2) is 9.59 Å². The minimum absolute atomic E-state index is 0.438. The van der Waals surface area contributed by atoms with Crippen molar-refractivity contribution < 1.29 is 19.4 Å². The number of nitrogens with one attached hydrogen (secondary N) is 2. The van der Waals surface area contributed by atoms with Crippen molar-refractivity contribution in [1.29, 1.82) is 0 Å². The average Bonchev–Trinajstić information content (AvgIpc) is 2.16. The Hall–Kier alpha value is -1.98. The van der Waals surface area contributed by atoms with Gasteiger partial charge in [-0.15, -0.1) is 0 Å². The Balaban J connectivity index is 0. The molecule has 0 fully saturated rings. The molecular weight excluding hydrogens is 200 g/mol. The summed E-state index contributed by atoms with van der Waals surface area (Å²) < 4.78 is 4.61. The van der Waals surface area contributed by atoms with Crippen molar-refractivity contribution in [1.82, 2.24) is 10.6 Å². The highest BCUT2D eigenvalue weighted by Crippen LogP contribution is 1.80. The molecule has 0 unspecified atom stereocenters. The normalized spacial score (nSPS) is 7.53. The Morgan fingerprint density at radius 3 is 2.13 bits per heavy atom. The fraction of sp³-hybridized carbons (Fsp3) is 0.333. The van der Waals surface area contributed by atoms with E-state index in [4.69, 9.17) is 5.11 Å². The topological polar surface area (TPSA) is 87.7 Å². The molecule has 0 aliphatic rings. The van der Waals surface area contributed by atoms with Gasteiger partial charge in [0.05, 0.1) is 6.61 Å². The molecule has 0 heterocycles. The summed E-state index contributed by atoms with van der Waals surface area (Å²) in [4.78, 5) is 19.8. The minimum atomic E-state index is -1.08. The van der Waals surface area contributed by atoms with Crippen LogP contribution in [0, 0.1) is 0 Å². The molecule has 0 aromatic carbocycles. The first kappa shape index (κ1) is 15.5. The zero-order valence-corrected chi connectivity index (χ0v) is 8.66. The molecular formula is C9H16N2O4. The van der Waals surface area contributed by atoms with Crippen molar-refractivity contribution >= 4 is 12.2 Å². The summed E-state index contributed by atoms with van der Waals surface area (Å²) >= 11 is 0. The molecule has 0 atom stereocenters. The molecule has 86 valence electrons. The van der Waals surface area contributed by atoms with Gasteiger partial charge in [0.1, 0.15) is 0 Å². The second-order valence-corrected chi connectivity index (χ2v) is 2.14. The van der Waals surface area contributed by atoms with Crippen LogP contribution in [0.1, 0.15) is 13.3 Å². The molecule has 6 heteroatoms. The SMILES string of the molecule is C=CNC(=O)O.C=CNC(=O)OCCC. The number of ether oxygens (including phenoxy) is 1. The van der Waals surface area contributed by atoms with Crippen molar-refractivity contribution in [3.63, 3.8) is 0 Å². The highest BCUT2D eigenvalue weighted by molar-refractivity contribution is 5.68. The third-order valence-corrected chi connectivity index (χ3v) is 0.883. The zero-order chi connectivity index (χ0) is 12.1. The minimum Gasteiger partial charge on any atom is -0.465 e. The summed E-state index contributed by atoms with van der Waals surface area (Å²) in [5, 5.41) is 11.9. The van der Waals surface area contributed by atoms with Crippen LogP contribution in [0.25, 0.3) is 0 Å². The summed E-state index contributed by atoms with van der Waals surface area (Å²) in [5.74, 6) is 0. The summed E-state index contributed by atoms with van der Waals surface area (Å²) in [7, 11) is 0. The number of carbonyl (C=O) groups excluding carboxylic acids is 1. The lowest BCUT2D eigenvalue weighted by molar-refractivity contribution is 0.150. The van der Waals surface area contributed by atoms with Crippen LogP contribution in [0.15, 0.2) is 25.6 Å². The number of carbonyl (C=O) groups is 2. The maximum Gasteiger partial charge on any atom is 0.411 e. The van der Waals surface area contributed by atoms with E-state index in [1.807, 2.05) is 12.2 Å². The van der Waals surface area contributed by atoms with Crippen LogP contribution >= 0.6 is 0 Å². The van der Waals surface area contributed by atoms with E-state index in [9.17, 15) is 9.59 Å². The third-order valence-electron chi connectivity index (χ3n) is 0.883. The Morgan fingerprint density at radius 1 is 1.33 bits per heavy atom. The van der Waals surface area contributed by atoms with Crippen molar-refractivity contribution in [3.05, 3.63) is 25.6 Å². The van der Waals surface area contributed by atoms with E-state index in [1.165, 1.54) is 6.20 Å². The highest BCUT2D eigenvalue weighted by atomic mass is 16.5. The number of alkyl carbamates (subject to hydrolysis) is 1. The number of amides is 2. The molecule has 0 aromatic heterocycles. The lowest BCUT2D eigenvalue weighted by Crippen LogP contribution is -2.18. The van der Waals surface area contributed by atoms with Gasteiger partial charge in [-0.3, -0.25) is 10.6 Å². The fourth-order valence-electron chi connectivity index (χ4n) is 0.407. The molecule has 0 saturated heterocycles. The largest absolute Gasteiger partial charge is 0.465 e. The van der Waals surface area contributed by atoms with E-state index in [-0.39, 0.29) is 0 Å². The van der Waals surface area contributed by atoms with Gasteiger partial charge in [-0.1, -0.05) is 20.1 Å². The Morgan fingerprint density at radius 2 is 1.87 bits per heavy atom. The number of hydrogen-bond donors (Lipinski definition) is 3. The predicted octanol–water partition coefficient (Wildman–Crippen LogP) is 1.66.